The third-order valence-electron chi connectivity index (χ3n) is 3.02. The average molecular weight is 804 g/mol. The van der Waals surface area contributed by atoms with Gasteiger partial charge < -0.3 is 0 Å². The van der Waals surface area contributed by atoms with E-state index in [1.165, 1.54) is 31.2 Å². The average Bonchev–Trinajstić information content (AvgIpc) is 2.37. The maximum Gasteiger partial charge on any atom is 0 e. The van der Waals surface area contributed by atoms with Crippen molar-refractivity contribution in [1.82, 2.24) is 0 Å². The van der Waals surface area contributed by atoms with Crippen LogP contribution in [0.15, 0.2) is 43.0 Å². The minimum atomic E-state index is 0. The van der Waals surface area contributed by atoms with Crippen LogP contribution in [0.5, 0.6) is 0 Å². The van der Waals surface area contributed by atoms with Crippen LogP contribution in [0.4, 0.5) is 0 Å². The van der Waals surface area contributed by atoms with Crippen molar-refractivity contribution in [2.24, 2.45) is 0 Å². The Balaban J connectivity index is -0.000000281. The number of hydrogen-bond donors (Lipinski definition) is 0. The Hall–Kier alpha value is 0.505. The zero-order valence-corrected chi connectivity index (χ0v) is 22.2. The topological polar surface area (TPSA) is 0 Å². The Labute approximate surface area is 179 Å². The fraction of sp³-hybridized carbons (Fsp3) is 0.368. The molecule has 0 heterocycles. The molecule has 2 aromatic carbocycles. The van der Waals surface area contributed by atoms with Gasteiger partial charge in [-0.3, -0.25) is 0 Å². The van der Waals surface area contributed by atoms with E-state index in [1.807, 2.05) is 18.2 Å². The van der Waals surface area contributed by atoms with Crippen molar-refractivity contribution in [1.29, 1.82) is 0 Å². The Morgan fingerprint density at radius 2 is 1.41 bits per heavy atom. The SMILES string of the molecule is C1CCC1.C=CCC.Cc1ccc2[c-]cc[c-]c2c1.[W].[W].[W]. The van der Waals surface area contributed by atoms with Gasteiger partial charge >= 0.3 is 0 Å². The van der Waals surface area contributed by atoms with Crippen LogP contribution in [0.1, 0.15) is 44.6 Å². The fourth-order valence-corrected chi connectivity index (χ4v) is 1.42. The summed E-state index contributed by atoms with van der Waals surface area (Å²) in [5.74, 6) is 0. The molecule has 120 valence electrons. The first-order valence-corrected chi connectivity index (χ1v) is 7.17. The van der Waals surface area contributed by atoms with E-state index >= 15 is 0 Å². The second-order valence-corrected chi connectivity index (χ2v) is 4.78. The number of benzene rings is 2. The Bertz CT molecular complexity index is 487. The molecule has 0 amide bonds. The summed E-state index contributed by atoms with van der Waals surface area (Å²) in [4.78, 5) is 0. The first kappa shape index (κ1) is 27.4. The van der Waals surface area contributed by atoms with E-state index in [2.05, 4.69) is 50.8 Å². The summed E-state index contributed by atoms with van der Waals surface area (Å²) >= 11 is 0. The Morgan fingerprint density at radius 3 is 1.82 bits per heavy atom. The zero-order valence-electron chi connectivity index (χ0n) is 13.4. The normalized spacial score (nSPS) is 10.6. The predicted octanol–water partition coefficient (Wildman–Crippen LogP) is 5.88. The van der Waals surface area contributed by atoms with Crippen LogP contribution in [-0.2, 0) is 63.2 Å². The van der Waals surface area contributed by atoms with Crippen molar-refractivity contribution in [2.75, 3.05) is 0 Å². The molecule has 0 nitrogen and oxygen atoms in total. The summed E-state index contributed by atoms with van der Waals surface area (Å²) in [5.41, 5.74) is 1.27. The summed E-state index contributed by atoms with van der Waals surface area (Å²) < 4.78 is 0. The molecule has 0 unspecified atom stereocenters. The van der Waals surface area contributed by atoms with Crippen LogP contribution in [0.3, 0.4) is 0 Å². The zero-order chi connectivity index (χ0) is 13.9. The quantitative estimate of drug-likeness (QED) is 0.250. The van der Waals surface area contributed by atoms with Gasteiger partial charge in [-0.05, 0) is 6.42 Å². The second kappa shape index (κ2) is 17.9. The van der Waals surface area contributed by atoms with E-state index in [4.69, 9.17) is 0 Å². The molecule has 1 aliphatic rings. The van der Waals surface area contributed by atoms with E-state index in [9.17, 15) is 0 Å². The van der Waals surface area contributed by atoms with E-state index < -0.39 is 0 Å². The standard InChI is InChI=1S/C11H8.2C4H8.3W/c1-9-6-7-10-4-2-3-5-11(10)8-9;1-2-4-3-1;1-3-4-2;;;/h2-3,6-8H,1H3;1-4H2;3H,1,4H2,2H3;;;/q-2;;;;;. The van der Waals surface area contributed by atoms with Crippen LogP contribution >= 0.6 is 0 Å². The van der Waals surface area contributed by atoms with E-state index in [0.29, 0.717) is 0 Å². The summed E-state index contributed by atoms with van der Waals surface area (Å²) in [6.45, 7) is 7.63. The minimum Gasteiger partial charge on any atom is -0.246 e. The third kappa shape index (κ3) is 12.0. The molecule has 1 aliphatic carbocycles. The molecule has 0 spiro atoms. The number of rotatable bonds is 1. The molecule has 1 saturated carbocycles. The smallest absolute Gasteiger partial charge is 0 e. The first-order valence-electron chi connectivity index (χ1n) is 7.17. The van der Waals surface area contributed by atoms with Gasteiger partial charge in [0, 0.05) is 63.2 Å². The Kier molecular flexibility index (Phi) is 22.2. The maximum atomic E-state index is 3.48. The second-order valence-electron chi connectivity index (χ2n) is 4.78. The molecule has 3 rings (SSSR count). The molecule has 0 saturated heterocycles. The number of allylic oxidation sites excluding steroid dienone is 1. The summed E-state index contributed by atoms with van der Waals surface area (Å²) in [7, 11) is 0. The van der Waals surface area contributed by atoms with Gasteiger partial charge in [0.25, 0.3) is 0 Å². The number of hydrogen-bond acceptors (Lipinski definition) is 0. The molecule has 2 aromatic rings. The van der Waals surface area contributed by atoms with E-state index in [0.717, 1.165) is 17.2 Å². The van der Waals surface area contributed by atoms with Crippen molar-refractivity contribution < 1.29 is 63.2 Å². The van der Waals surface area contributed by atoms with Crippen LogP contribution in [0.2, 0.25) is 0 Å². The van der Waals surface area contributed by atoms with Crippen LogP contribution < -0.4 is 0 Å². The first-order chi connectivity index (χ1) is 9.27. The third-order valence-corrected chi connectivity index (χ3v) is 3.02. The molecule has 0 bridgehead atoms. The Morgan fingerprint density at radius 1 is 0.955 bits per heavy atom. The van der Waals surface area contributed by atoms with Crippen LogP contribution in [0, 0.1) is 19.1 Å². The van der Waals surface area contributed by atoms with Crippen molar-refractivity contribution >= 4 is 10.8 Å². The van der Waals surface area contributed by atoms with Gasteiger partial charge in [0.05, 0.1) is 0 Å². The summed E-state index contributed by atoms with van der Waals surface area (Å²) in [5, 5.41) is 2.28. The van der Waals surface area contributed by atoms with Crippen LogP contribution in [0.25, 0.3) is 10.8 Å². The molecule has 0 radical (unpaired) electrons. The van der Waals surface area contributed by atoms with Crippen molar-refractivity contribution in [3.8, 4) is 0 Å². The van der Waals surface area contributed by atoms with Gasteiger partial charge in [0.15, 0.2) is 0 Å². The molecular weight excluding hydrogens is 780 g/mol. The van der Waals surface area contributed by atoms with Gasteiger partial charge in [-0.2, -0.15) is 12.1 Å². The molecule has 0 atom stereocenters. The molecule has 1 fully saturated rings. The van der Waals surface area contributed by atoms with Gasteiger partial charge in [-0.25, -0.2) is 35.0 Å². The molecule has 3 heteroatoms. The molecule has 0 aromatic heterocycles. The van der Waals surface area contributed by atoms with Gasteiger partial charge in [0.1, 0.15) is 0 Å². The number of aryl methyl sites for hydroxylation is 1. The van der Waals surface area contributed by atoms with Crippen molar-refractivity contribution in [2.45, 2.75) is 46.0 Å². The monoisotopic (exact) mass is 804 g/mol. The van der Waals surface area contributed by atoms with Gasteiger partial charge in [-0.15, -0.1) is 18.2 Å². The molecule has 0 N–H and O–H groups in total. The minimum absolute atomic E-state index is 0. The fourth-order valence-electron chi connectivity index (χ4n) is 1.42. The largest absolute Gasteiger partial charge is 0.246 e. The molecular formula is C19H24W3-2. The number of fused-ring (bicyclic) bond motifs is 1. The van der Waals surface area contributed by atoms with Crippen molar-refractivity contribution in [3.63, 3.8) is 0 Å². The van der Waals surface area contributed by atoms with E-state index in [-0.39, 0.29) is 63.2 Å². The predicted molar refractivity (Wildman–Crippen MR) is 85.3 cm³/mol. The molecule has 22 heavy (non-hydrogen) atoms. The molecule has 0 aliphatic heterocycles. The summed E-state index contributed by atoms with van der Waals surface area (Å²) in [6.07, 6.45) is 8.96. The van der Waals surface area contributed by atoms with E-state index in [1.54, 1.807) is 0 Å². The van der Waals surface area contributed by atoms with Crippen molar-refractivity contribution in [3.05, 3.63) is 60.7 Å². The maximum absolute atomic E-state index is 3.48. The van der Waals surface area contributed by atoms with Crippen LogP contribution in [-0.4, -0.2) is 0 Å². The van der Waals surface area contributed by atoms with Gasteiger partial charge in [-0.1, -0.05) is 45.6 Å². The van der Waals surface area contributed by atoms with Gasteiger partial charge in [0.2, 0.25) is 0 Å². The summed E-state index contributed by atoms with van der Waals surface area (Å²) in [6, 6.07) is 16.4.